The standard InChI is InChI=1S/C74H135NO8/c1-3-5-7-9-11-13-15-17-19-21-23-25-27-29-30-31-32-33-34-35-36-37-38-40-42-44-46-48-50-52-54-56-58-60-62-64-70(78)75-67(66-82-74-73(81)72(80)71(79)69(65-76)83-74)68(77)63-61-59-57-55-53-51-49-47-45-43-41-39-28-26-24-22-20-18-16-14-12-10-8-6-4-2/h15,17,21,23,27,29,45,47,53,55,61,63,67-69,71-74,76-77,79-81H,3-14,16,18-20,22,24-26,28,30-44,46,48-52,54,56-60,62,64-66H2,1-2H3,(H,75,78)/b17-15-,23-21-,29-27-,47-45+,55-53+,63-61+. The van der Waals surface area contributed by atoms with Crippen molar-refractivity contribution in [3.8, 4) is 0 Å². The van der Waals surface area contributed by atoms with Crippen molar-refractivity contribution in [2.45, 2.75) is 378 Å². The topological polar surface area (TPSA) is 149 Å². The summed E-state index contributed by atoms with van der Waals surface area (Å²) < 4.78 is 11.3. The highest BCUT2D eigenvalue weighted by Gasteiger charge is 2.44. The molecule has 1 rings (SSSR count). The highest BCUT2D eigenvalue weighted by molar-refractivity contribution is 5.76. The molecule has 484 valence electrons. The Morgan fingerprint density at radius 2 is 0.723 bits per heavy atom. The van der Waals surface area contributed by atoms with Gasteiger partial charge in [-0.25, -0.2) is 0 Å². The molecule has 0 aromatic heterocycles. The lowest BCUT2D eigenvalue weighted by atomic mass is 9.99. The molecule has 0 spiro atoms. The Hall–Kier alpha value is -2.37. The van der Waals surface area contributed by atoms with Crippen molar-refractivity contribution in [3.05, 3.63) is 72.9 Å². The van der Waals surface area contributed by atoms with Crippen molar-refractivity contribution >= 4 is 5.91 Å². The summed E-state index contributed by atoms with van der Waals surface area (Å²) in [4.78, 5) is 13.1. The van der Waals surface area contributed by atoms with Crippen LogP contribution in [0.2, 0.25) is 0 Å². The zero-order chi connectivity index (χ0) is 60.0. The first kappa shape index (κ1) is 78.6. The van der Waals surface area contributed by atoms with Crippen LogP contribution in [-0.2, 0) is 14.3 Å². The van der Waals surface area contributed by atoms with E-state index in [4.69, 9.17) is 9.47 Å². The number of aliphatic hydroxyl groups is 5. The van der Waals surface area contributed by atoms with E-state index in [1.807, 2.05) is 6.08 Å². The minimum absolute atomic E-state index is 0.187. The molecule has 0 radical (unpaired) electrons. The fourth-order valence-corrected chi connectivity index (χ4v) is 11.1. The van der Waals surface area contributed by atoms with Gasteiger partial charge in [-0.1, -0.05) is 318 Å². The molecule has 83 heavy (non-hydrogen) atoms. The Bertz CT molecular complexity index is 1540. The summed E-state index contributed by atoms with van der Waals surface area (Å²) in [5, 5.41) is 54.7. The highest BCUT2D eigenvalue weighted by Crippen LogP contribution is 2.23. The summed E-state index contributed by atoms with van der Waals surface area (Å²) in [6.45, 7) is 3.78. The van der Waals surface area contributed by atoms with Crippen molar-refractivity contribution in [1.29, 1.82) is 0 Å². The molecule has 7 atom stereocenters. The van der Waals surface area contributed by atoms with E-state index in [0.29, 0.717) is 6.42 Å². The predicted molar refractivity (Wildman–Crippen MR) is 355 cm³/mol. The number of hydrogen-bond donors (Lipinski definition) is 6. The minimum Gasteiger partial charge on any atom is -0.394 e. The van der Waals surface area contributed by atoms with Crippen molar-refractivity contribution < 1.29 is 39.8 Å². The summed E-state index contributed by atoms with van der Waals surface area (Å²) in [7, 11) is 0. The van der Waals surface area contributed by atoms with Gasteiger partial charge in [0.2, 0.25) is 5.91 Å². The van der Waals surface area contributed by atoms with Gasteiger partial charge in [-0.3, -0.25) is 4.79 Å². The van der Waals surface area contributed by atoms with Crippen LogP contribution in [-0.4, -0.2) is 87.5 Å². The zero-order valence-electron chi connectivity index (χ0n) is 54.2. The van der Waals surface area contributed by atoms with Gasteiger partial charge in [0.15, 0.2) is 6.29 Å². The molecule has 0 aromatic rings. The molecule has 6 N–H and O–H groups in total. The molecular formula is C74H135NO8. The van der Waals surface area contributed by atoms with Gasteiger partial charge in [-0.2, -0.15) is 0 Å². The Labute approximate surface area is 512 Å². The van der Waals surface area contributed by atoms with E-state index in [1.165, 1.54) is 257 Å². The molecule has 9 nitrogen and oxygen atoms in total. The van der Waals surface area contributed by atoms with Crippen LogP contribution in [0.4, 0.5) is 0 Å². The normalized spacial score (nSPS) is 18.7. The molecule has 9 heteroatoms. The molecule has 1 saturated heterocycles. The van der Waals surface area contributed by atoms with Crippen LogP contribution in [0.1, 0.15) is 335 Å². The number of rotatable bonds is 62. The number of carbonyl (C=O) groups is 1. The molecule has 1 fully saturated rings. The number of carbonyl (C=O) groups excluding carboxylic acids is 1. The van der Waals surface area contributed by atoms with E-state index < -0.39 is 49.5 Å². The minimum atomic E-state index is -1.58. The summed E-state index contributed by atoms with van der Waals surface area (Å²) >= 11 is 0. The number of hydrogen-bond acceptors (Lipinski definition) is 8. The number of amides is 1. The van der Waals surface area contributed by atoms with Crippen LogP contribution in [0.25, 0.3) is 0 Å². The average Bonchev–Trinajstić information content (AvgIpc) is 3.60. The van der Waals surface area contributed by atoms with Crippen molar-refractivity contribution in [3.63, 3.8) is 0 Å². The van der Waals surface area contributed by atoms with E-state index in [2.05, 4.69) is 79.9 Å². The van der Waals surface area contributed by atoms with Crippen LogP contribution in [0, 0.1) is 0 Å². The average molecular weight is 1170 g/mol. The predicted octanol–water partition coefficient (Wildman–Crippen LogP) is 19.5. The zero-order valence-corrected chi connectivity index (χ0v) is 54.2. The van der Waals surface area contributed by atoms with Crippen molar-refractivity contribution in [2.24, 2.45) is 0 Å². The first-order valence-corrected chi connectivity index (χ1v) is 35.7. The molecule has 1 amide bonds. The van der Waals surface area contributed by atoms with Gasteiger partial charge in [0.1, 0.15) is 24.4 Å². The summed E-state index contributed by atoms with van der Waals surface area (Å²) in [6.07, 6.45) is 81.6. The maximum Gasteiger partial charge on any atom is 0.220 e. The smallest absolute Gasteiger partial charge is 0.220 e. The van der Waals surface area contributed by atoms with Crippen molar-refractivity contribution in [1.82, 2.24) is 5.32 Å². The van der Waals surface area contributed by atoms with E-state index >= 15 is 0 Å². The van der Waals surface area contributed by atoms with Crippen LogP contribution >= 0.6 is 0 Å². The molecule has 0 aromatic carbocycles. The molecular weight excluding hydrogens is 1030 g/mol. The molecule has 0 aliphatic carbocycles. The summed E-state index contributed by atoms with van der Waals surface area (Å²) in [6, 6.07) is -0.831. The highest BCUT2D eigenvalue weighted by atomic mass is 16.7. The second-order valence-corrected chi connectivity index (χ2v) is 24.7. The third kappa shape index (κ3) is 51.4. The monoisotopic (exact) mass is 1170 g/mol. The van der Waals surface area contributed by atoms with E-state index in [-0.39, 0.29) is 12.5 Å². The second-order valence-electron chi connectivity index (χ2n) is 24.7. The van der Waals surface area contributed by atoms with Crippen LogP contribution in [0.3, 0.4) is 0 Å². The third-order valence-corrected chi connectivity index (χ3v) is 16.7. The summed E-state index contributed by atoms with van der Waals surface area (Å²) in [5.74, 6) is -0.187. The first-order chi connectivity index (χ1) is 40.8. The molecule has 1 heterocycles. The van der Waals surface area contributed by atoms with Crippen molar-refractivity contribution in [2.75, 3.05) is 13.2 Å². The fraction of sp³-hybridized carbons (Fsp3) is 0.824. The molecule has 7 unspecified atom stereocenters. The number of unbranched alkanes of at least 4 members (excludes halogenated alkanes) is 42. The lowest BCUT2D eigenvalue weighted by Crippen LogP contribution is -2.60. The molecule has 0 saturated carbocycles. The van der Waals surface area contributed by atoms with Gasteiger partial charge in [0.05, 0.1) is 25.4 Å². The Morgan fingerprint density at radius 1 is 0.410 bits per heavy atom. The van der Waals surface area contributed by atoms with Gasteiger partial charge in [0, 0.05) is 6.42 Å². The molecule has 0 bridgehead atoms. The first-order valence-electron chi connectivity index (χ1n) is 35.7. The third-order valence-electron chi connectivity index (χ3n) is 16.7. The Morgan fingerprint density at radius 3 is 1.10 bits per heavy atom. The number of aliphatic hydroxyl groups excluding tert-OH is 5. The summed E-state index contributed by atoms with van der Waals surface area (Å²) in [5.41, 5.74) is 0. The van der Waals surface area contributed by atoms with E-state index in [1.54, 1.807) is 6.08 Å². The lowest BCUT2D eigenvalue weighted by Gasteiger charge is -2.40. The largest absolute Gasteiger partial charge is 0.394 e. The van der Waals surface area contributed by atoms with E-state index in [9.17, 15) is 30.3 Å². The SMILES string of the molecule is CCCCCCC/C=C\C/C=C\C/C=C\CCCCCCCCCCCCCCCCCCCCCCC(=O)NC(COC1OC(CO)C(O)C(O)C1O)C(O)/C=C/CC/C=C/CC/C=C/CCCCCCCCCCCCCCCCC. The second kappa shape index (κ2) is 62.7. The van der Waals surface area contributed by atoms with Gasteiger partial charge in [-0.05, 0) is 83.5 Å². The van der Waals surface area contributed by atoms with Crippen LogP contribution < -0.4 is 5.32 Å². The van der Waals surface area contributed by atoms with Crippen LogP contribution in [0.15, 0.2) is 72.9 Å². The molecule has 1 aliphatic rings. The molecule has 1 aliphatic heterocycles. The Kier molecular flexibility index (Phi) is 59.4. The van der Waals surface area contributed by atoms with Crippen LogP contribution in [0.5, 0.6) is 0 Å². The number of allylic oxidation sites excluding steroid dienone is 11. The van der Waals surface area contributed by atoms with Gasteiger partial charge >= 0.3 is 0 Å². The fourth-order valence-electron chi connectivity index (χ4n) is 11.1. The lowest BCUT2D eigenvalue weighted by molar-refractivity contribution is -0.302. The number of nitrogens with one attached hydrogen (secondary N) is 1. The maximum absolute atomic E-state index is 13.1. The quantitative estimate of drug-likeness (QED) is 0.0261. The van der Waals surface area contributed by atoms with E-state index in [0.717, 1.165) is 57.8 Å². The maximum atomic E-state index is 13.1. The van der Waals surface area contributed by atoms with Gasteiger partial charge < -0.3 is 40.3 Å². The van der Waals surface area contributed by atoms with Gasteiger partial charge in [0.25, 0.3) is 0 Å². The number of ether oxygens (including phenoxy) is 2. The Balaban J connectivity index is 2.13. The van der Waals surface area contributed by atoms with Gasteiger partial charge in [-0.15, -0.1) is 0 Å².